The molecule has 0 radical (unpaired) electrons. The summed E-state index contributed by atoms with van der Waals surface area (Å²) >= 11 is 0. The molecule has 1 aliphatic heterocycles. The van der Waals surface area contributed by atoms with Crippen molar-refractivity contribution in [3.63, 3.8) is 0 Å². The van der Waals surface area contributed by atoms with Crippen molar-refractivity contribution >= 4 is 27.6 Å². The average molecular weight is 486 g/mol. The number of rotatable bonds is 5. The van der Waals surface area contributed by atoms with Gasteiger partial charge in [-0.15, -0.1) is 4.40 Å². The number of aromatic nitrogens is 1. The van der Waals surface area contributed by atoms with Crippen LogP contribution in [0.5, 0.6) is 0 Å². The minimum atomic E-state index is -4.27. The first-order valence-electron chi connectivity index (χ1n) is 12.2. The van der Waals surface area contributed by atoms with E-state index in [-0.39, 0.29) is 6.04 Å². The third kappa shape index (κ3) is 4.09. The highest BCUT2D eigenvalue weighted by atomic mass is 32.2. The van der Waals surface area contributed by atoms with Crippen LogP contribution in [0.1, 0.15) is 59.3 Å². The molecule has 0 amide bonds. The molecule has 34 heavy (non-hydrogen) atoms. The van der Waals surface area contributed by atoms with E-state index < -0.39 is 16.2 Å². The van der Waals surface area contributed by atoms with Gasteiger partial charge < -0.3 is 19.7 Å². The van der Waals surface area contributed by atoms with Gasteiger partial charge in [0.1, 0.15) is 0 Å². The fraction of sp³-hybridized carbons (Fsp3) is 0.560. The van der Waals surface area contributed by atoms with Crippen molar-refractivity contribution in [2.24, 2.45) is 11.4 Å². The molecule has 1 aromatic carbocycles. The Kier molecular flexibility index (Phi) is 6.10. The predicted molar refractivity (Wildman–Crippen MR) is 132 cm³/mol. The minimum Gasteiger partial charge on any atom is -0.845 e. The summed E-state index contributed by atoms with van der Waals surface area (Å²) < 4.78 is 39.8. The zero-order valence-electron chi connectivity index (χ0n) is 20.2. The molecule has 184 valence electrons. The summed E-state index contributed by atoms with van der Waals surface area (Å²) in [5, 5.41) is 16.0. The van der Waals surface area contributed by atoms with E-state index in [1.54, 1.807) is 0 Å². The number of nitrogens with one attached hydrogen (secondary N) is 1. The SMILES string of the molecule is Cc1cc(N(C2CCOCC2)S(=O)(=O)/N=C(\[O-])Nc2c3c(cc4c2CCC4)CCC3)c(C)n1C. The molecule has 0 unspecified atom stereocenters. The lowest BCUT2D eigenvalue weighted by Gasteiger charge is -2.34. The van der Waals surface area contributed by atoms with E-state index in [0.717, 1.165) is 66.7 Å². The number of benzene rings is 1. The van der Waals surface area contributed by atoms with Gasteiger partial charge in [0.05, 0.1) is 17.8 Å². The van der Waals surface area contributed by atoms with Crippen LogP contribution >= 0.6 is 0 Å². The van der Waals surface area contributed by atoms with Crippen LogP contribution in [0.2, 0.25) is 0 Å². The van der Waals surface area contributed by atoms with E-state index in [9.17, 15) is 13.5 Å². The molecule has 2 heterocycles. The number of hydrogen-bond donors (Lipinski definition) is 1. The Bertz CT molecular complexity index is 1210. The predicted octanol–water partition coefficient (Wildman–Crippen LogP) is 2.68. The molecule has 1 N–H and O–H groups in total. The Hall–Kier alpha value is -2.52. The zero-order chi connectivity index (χ0) is 24.0. The Morgan fingerprint density at radius 1 is 1.09 bits per heavy atom. The maximum atomic E-state index is 13.6. The van der Waals surface area contributed by atoms with Gasteiger partial charge in [-0.25, -0.2) is 4.31 Å². The van der Waals surface area contributed by atoms with E-state index in [1.807, 2.05) is 31.5 Å². The van der Waals surface area contributed by atoms with E-state index >= 15 is 0 Å². The van der Waals surface area contributed by atoms with Crippen molar-refractivity contribution in [1.82, 2.24) is 4.57 Å². The fourth-order valence-electron chi connectivity index (χ4n) is 5.73. The summed E-state index contributed by atoms with van der Waals surface area (Å²) in [6.45, 7) is 4.79. The van der Waals surface area contributed by atoms with Crippen molar-refractivity contribution in [2.75, 3.05) is 22.8 Å². The van der Waals surface area contributed by atoms with Crippen molar-refractivity contribution in [3.05, 3.63) is 45.8 Å². The zero-order valence-corrected chi connectivity index (χ0v) is 21.0. The second kappa shape index (κ2) is 8.92. The average Bonchev–Trinajstić information content (AvgIpc) is 3.51. The van der Waals surface area contributed by atoms with Gasteiger partial charge in [0.2, 0.25) is 0 Å². The van der Waals surface area contributed by atoms with Crippen LogP contribution < -0.4 is 14.7 Å². The third-order valence-electron chi connectivity index (χ3n) is 7.66. The van der Waals surface area contributed by atoms with Gasteiger partial charge >= 0.3 is 10.2 Å². The summed E-state index contributed by atoms with van der Waals surface area (Å²) in [6.07, 6.45) is 7.05. The highest BCUT2D eigenvalue weighted by Gasteiger charge is 2.34. The summed E-state index contributed by atoms with van der Waals surface area (Å²) in [5.41, 5.74) is 7.99. The van der Waals surface area contributed by atoms with Crippen LogP contribution in [0.25, 0.3) is 0 Å². The molecule has 1 aromatic heterocycles. The summed E-state index contributed by atoms with van der Waals surface area (Å²) in [4.78, 5) is 0. The molecule has 0 bridgehead atoms. The van der Waals surface area contributed by atoms with Crippen LogP contribution in [0.4, 0.5) is 11.4 Å². The van der Waals surface area contributed by atoms with E-state index in [0.29, 0.717) is 31.7 Å². The second-order valence-corrected chi connectivity index (χ2v) is 11.2. The Morgan fingerprint density at radius 2 is 1.71 bits per heavy atom. The second-order valence-electron chi connectivity index (χ2n) is 9.69. The Morgan fingerprint density at radius 3 is 2.26 bits per heavy atom. The fourth-order valence-corrected chi connectivity index (χ4v) is 7.10. The molecule has 5 rings (SSSR count). The first-order valence-corrected chi connectivity index (χ1v) is 13.6. The molecular formula is C25H33N4O4S-. The van der Waals surface area contributed by atoms with Gasteiger partial charge in [-0.05, 0) is 93.5 Å². The number of hydrogen-bond acceptors (Lipinski definition) is 4. The summed E-state index contributed by atoms with van der Waals surface area (Å²) in [6, 6.07) is 3.01. The number of nitrogens with zero attached hydrogens (tertiary/aromatic N) is 3. The molecule has 0 saturated carbocycles. The Balaban J connectivity index is 1.51. The van der Waals surface area contributed by atoms with Gasteiger partial charge in [0.15, 0.2) is 0 Å². The molecule has 0 spiro atoms. The molecule has 2 aromatic rings. The van der Waals surface area contributed by atoms with Crippen molar-refractivity contribution in [3.8, 4) is 0 Å². The van der Waals surface area contributed by atoms with Crippen molar-refractivity contribution < 1.29 is 18.3 Å². The van der Waals surface area contributed by atoms with Crippen LogP contribution in [0, 0.1) is 13.8 Å². The van der Waals surface area contributed by atoms with E-state index in [2.05, 4.69) is 15.8 Å². The maximum Gasteiger partial charge on any atom is 0.345 e. The van der Waals surface area contributed by atoms with Crippen LogP contribution in [-0.4, -0.2) is 38.3 Å². The standard InChI is InChI=1S/C25H34N4O4S/c1-16-14-23(17(2)28(16)3)29(20-10-12-33-13-11-20)34(31,32)27-25(30)26-24-21-8-4-6-18(21)15-19-7-5-9-22(19)24/h14-15,20H,4-13H2,1-3H3,(H2,26,27,30)/p-1. The molecule has 3 aliphatic rings. The lowest BCUT2D eigenvalue weighted by Crippen LogP contribution is -2.44. The number of amidine groups is 1. The first kappa shape index (κ1) is 23.2. The smallest absolute Gasteiger partial charge is 0.345 e. The van der Waals surface area contributed by atoms with Gasteiger partial charge in [-0.1, -0.05) is 6.07 Å². The van der Waals surface area contributed by atoms with Crippen molar-refractivity contribution in [1.29, 1.82) is 0 Å². The molecule has 2 aliphatic carbocycles. The monoisotopic (exact) mass is 485 g/mol. The number of anilines is 2. The highest BCUT2D eigenvalue weighted by Crippen LogP contribution is 2.38. The quantitative estimate of drug-likeness (QED) is 0.519. The van der Waals surface area contributed by atoms with E-state index in [4.69, 9.17) is 4.74 Å². The molecule has 8 nitrogen and oxygen atoms in total. The highest BCUT2D eigenvalue weighted by molar-refractivity contribution is 7.91. The number of aryl methyl sites for hydroxylation is 3. The molecule has 9 heteroatoms. The molecule has 1 saturated heterocycles. The van der Waals surface area contributed by atoms with Gasteiger partial charge in [0, 0.05) is 37.3 Å². The third-order valence-corrected chi connectivity index (χ3v) is 9.05. The first-order chi connectivity index (χ1) is 16.3. The summed E-state index contributed by atoms with van der Waals surface area (Å²) in [5.74, 6) is 0. The van der Waals surface area contributed by atoms with E-state index in [1.165, 1.54) is 15.4 Å². The molecular weight excluding hydrogens is 452 g/mol. The van der Waals surface area contributed by atoms with Gasteiger partial charge in [0.25, 0.3) is 0 Å². The van der Waals surface area contributed by atoms with Crippen molar-refractivity contribution in [2.45, 2.75) is 71.3 Å². The lowest BCUT2D eigenvalue weighted by atomic mass is 9.99. The topological polar surface area (TPSA) is 99.0 Å². The molecule has 0 atom stereocenters. The maximum absolute atomic E-state index is 13.6. The lowest BCUT2D eigenvalue weighted by molar-refractivity contribution is -0.213. The van der Waals surface area contributed by atoms with Gasteiger partial charge in [-0.3, -0.25) is 0 Å². The number of ether oxygens (including phenoxy) is 1. The number of fused-ring (bicyclic) bond motifs is 2. The largest absolute Gasteiger partial charge is 0.845 e. The van der Waals surface area contributed by atoms with Crippen LogP contribution in [0.3, 0.4) is 0 Å². The summed E-state index contributed by atoms with van der Waals surface area (Å²) in [7, 11) is -2.36. The van der Waals surface area contributed by atoms with Crippen LogP contribution in [0.15, 0.2) is 16.5 Å². The Labute approximate surface area is 201 Å². The minimum absolute atomic E-state index is 0.305. The normalized spacial score (nSPS) is 18.7. The van der Waals surface area contributed by atoms with Crippen LogP contribution in [-0.2, 0) is 47.7 Å². The van der Waals surface area contributed by atoms with Gasteiger partial charge in [-0.2, -0.15) is 8.42 Å². The molecule has 1 fully saturated rings.